The van der Waals surface area contributed by atoms with Crippen molar-refractivity contribution in [3.8, 4) is 0 Å². The third-order valence-electron chi connectivity index (χ3n) is 4.69. The standard InChI is InChI=1S/C21H31N3O3S2/c1-24(2)19-11-7-10-18-17(19)9-8-12-20(18)29(26,27)23-15-6-4-3-5-14-22-21(25)13-16-28/h7-12,23,28H,3-6,13-16H2,1-2H3,(H,22,25). The first-order valence-corrected chi connectivity index (χ1v) is 12.0. The molecule has 8 heteroatoms. The molecule has 2 rings (SSSR count). The number of carbonyl (C=O) groups is 1. The lowest BCUT2D eigenvalue weighted by Gasteiger charge is -2.17. The number of sulfonamides is 1. The van der Waals surface area contributed by atoms with E-state index in [9.17, 15) is 13.2 Å². The maximum absolute atomic E-state index is 12.8. The van der Waals surface area contributed by atoms with Gasteiger partial charge in [-0.25, -0.2) is 13.1 Å². The lowest BCUT2D eigenvalue weighted by atomic mass is 10.1. The molecular formula is C21H31N3O3S2. The van der Waals surface area contributed by atoms with Crippen LogP contribution in [0.2, 0.25) is 0 Å². The minimum atomic E-state index is -3.58. The van der Waals surface area contributed by atoms with Crippen LogP contribution in [-0.2, 0) is 14.8 Å². The molecule has 0 spiro atoms. The second kappa shape index (κ2) is 11.4. The number of nitrogens with zero attached hydrogens (tertiary/aromatic N) is 1. The van der Waals surface area contributed by atoms with Gasteiger partial charge in [-0.3, -0.25) is 4.79 Å². The van der Waals surface area contributed by atoms with E-state index >= 15 is 0 Å². The number of nitrogens with one attached hydrogen (secondary N) is 2. The number of carbonyl (C=O) groups excluding carboxylic acids is 1. The first kappa shape index (κ1) is 23.5. The maximum Gasteiger partial charge on any atom is 0.241 e. The molecule has 0 aliphatic heterocycles. The molecule has 1 amide bonds. The van der Waals surface area contributed by atoms with Crippen LogP contribution >= 0.6 is 12.6 Å². The summed E-state index contributed by atoms with van der Waals surface area (Å²) in [5, 5.41) is 4.49. The highest BCUT2D eigenvalue weighted by atomic mass is 32.2. The highest BCUT2D eigenvalue weighted by molar-refractivity contribution is 7.89. The lowest BCUT2D eigenvalue weighted by molar-refractivity contribution is -0.120. The zero-order valence-corrected chi connectivity index (χ0v) is 18.9. The molecule has 29 heavy (non-hydrogen) atoms. The molecule has 0 fully saturated rings. The Hall–Kier alpha value is -1.77. The van der Waals surface area contributed by atoms with Crippen LogP contribution in [0, 0.1) is 0 Å². The van der Waals surface area contributed by atoms with E-state index in [0.29, 0.717) is 30.2 Å². The molecule has 0 aromatic heterocycles. The van der Waals surface area contributed by atoms with E-state index in [1.165, 1.54) is 0 Å². The van der Waals surface area contributed by atoms with Crippen LogP contribution in [0.1, 0.15) is 32.1 Å². The van der Waals surface area contributed by atoms with Crippen molar-refractivity contribution >= 4 is 45.0 Å². The number of hydrogen-bond acceptors (Lipinski definition) is 5. The van der Waals surface area contributed by atoms with Crippen LogP contribution < -0.4 is 14.9 Å². The number of amides is 1. The second-order valence-corrected chi connectivity index (χ2v) is 9.34. The van der Waals surface area contributed by atoms with Gasteiger partial charge < -0.3 is 10.2 Å². The highest BCUT2D eigenvalue weighted by Gasteiger charge is 2.17. The monoisotopic (exact) mass is 437 g/mol. The van der Waals surface area contributed by atoms with Gasteiger partial charge in [0.2, 0.25) is 15.9 Å². The summed E-state index contributed by atoms with van der Waals surface area (Å²) in [6.07, 6.45) is 3.95. The van der Waals surface area contributed by atoms with E-state index in [4.69, 9.17) is 0 Å². The van der Waals surface area contributed by atoms with Gasteiger partial charge in [0.1, 0.15) is 0 Å². The Labute approximate surface area is 179 Å². The first-order valence-electron chi connectivity index (χ1n) is 9.93. The zero-order valence-electron chi connectivity index (χ0n) is 17.1. The molecule has 0 unspecified atom stereocenters. The summed E-state index contributed by atoms with van der Waals surface area (Å²) in [5.74, 6) is 0.583. The Morgan fingerprint density at radius 2 is 1.62 bits per heavy atom. The summed E-state index contributed by atoms with van der Waals surface area (Å²) >= 11 is 4.03. The SMILES string of the molecule is CN(C)c1cccc2c(S(=O)(=O)NCCCCCCNC(=O)CCS)cccc12. The molecule has 0 saturated carbocycles. The molecular weight excluding hydrogens is 406 g/mol. The van der Waals surface area contributed by atoms with E-state index in [0.717, 1.165) is 42.1 Å². The summed E-state index contributed by atoms with van der Waals surface area (Å²) in [7, 11) is 0.312. The molecule has 0 radical (unpaired) electrons. The maximum atomic E-state index is 12.8. The summed E-state index contributed by atoms with van der Waals surface area (Å²) in [4.78, 5) is 13.6. The van der Waals surface area contributed by atoms with Gasteiger partial charge in [0.15, 0.2) is 0 Å². The number of fused-ring (bicyclic) bond motifs is 1. The fourth-order valence-corrected chi connectivity index (χ4v) is 4.69. The number of benzene rings is 2. The number of thiol groups is 1. The fraction of sp³-hybridized carbons (Fsp3) is 0.476. The predicted molar refractivity (Wildman–Crippen MR) is 123 cm³/mol. The zero-order chi connectivity index (χ0) is 21.3. The van der Waals surface area contributed by atoms with Crippen LogP contribution in [0.5, 0.6) is 0 Å². The van der Waals surface area contributed by atoms with Crippen molar-refractivity contribution in [3.05, 3.63) is 36.4 Å². The summed E-state index contributed by atoms with van der Waals surface area (Å²) in [6.45, 7) is 1.06. The summed E-state index contributed by atoms with van der Waals surface area (Å²) in [6, 6.07) is 11.1. The van der Waals surface area contributed by atoms with Crippen molar-refractivity contribution in [1.82, 2.24) is 10.0 Å². The average molecular weight is 438 g/mol. The van der Waals surface area contributed by atoms with E-state index in [-0.39, 0.29) is 5.91 Å². The van der Waals surface area contributed by atoms with Crippen molar-refractivity contribution in [3.63, 3.8) is 0 Å². The number of anilines is 1. The Kier molecular flexibility index (Phi) is 9.26. The predicted octanol–water partition coefficient (Wildman–Crippen LogP) is 3.18. The van der Waals surface area contributed by atoms with Crippen molar-refractivity contribution in [2.24, 2.45) is 0 Å². The van der Waals surface area contributed by atoms with Crippen LogP contribution in [0.3, 0.4) is 0 Å². The number of unbranched alkanes of at least 4 members (excludes halogenated alkanes) is 3. The Balaban J connectivity index is 1.86. The normalized spacial score (nSPS) is 11.6. The Morgan fingerprint density at radius 3 is 2.31 bits per heavy atom. The van der Waals surface area contributed by atoms with Gasteiger partial charge in [0, 0.05) is 50.1 Å². The van der Waals surface area contributed by atoms with Gasteiger partial charge in [0.05, 0.1) is 4.90 Å². The van der Waals surface area contributed by atoms with E-state index in [2.05, 4.69) is 22.7 Å². The molecule has 0 heterocycles. The molecule has 2 aromatic rings. The van der Waals surface area contributed by atoms with Gasteiger partial charge in [-0.1, -0.05) is 37.1 Å². The van der Waals surface area contributed by atoms with Gasteiger partial charge >= 0.3 is 0 Å². The summed E-state index contributed by atoms with van der Waals surface area (Å²) < 4.78 is 28.4. The largest absolute Gasteiger partial charge is 0.377 e. The molecule has 0 atom stereocenters. The fourth-order valence-electron chi connectivity index (χ4n) is 3.19. The molecule has 2 aromatic carbocycles. The average Bonchev–Trinajstić information content (AvgIpc) is 2.69. The van der Waals surface area contributed by atoms with Crippen LogP contribution in [0.25, 0.3) is 10.8 Å². The second-order valence-electron chi connectivity index (χ2n) is 7.16. The van der Waals surface area contributed by atoms with Gasteiger partial charge in [-0.15, -0.1) is 0 Å². The minimum Gasteiger partial charge on any atom is -0.377 e. The molecule has 2 N–H and O–H groups in total. The van der Waals surface area contributed by atoms with Gasteiger partial charge in [-0.05, 0) is 30.7 Å². The van der Waals surface area contributed by atoms with Gasteiger partial charge in [0.25, 0.3) is 0 Å². The van der Waals surface area contributed by atoms with Crippen molar-refractivity contribution < 1.29 is 13.2 Å². The van der Waals surface area contributed by atoms with Crippen LogP contribution in [0.15, 0.2) is 41.3 Å². The summed E-state index contributed by atoms with van der Waals surface area (Å²) in [5.41, 5.74) is 0.987. The smallest absolute Gasteiger partial charge is 0.241 e. The molecule has 0 aliphatic rings. The molecule has 160 valence electrons. The Bertz CT molecular complexity index is 915. The van der Waals surface area contributed by atoms with Crippen LogP contribution in [-0.4, -0.2) is 47.3 Å². The molecule has 0 bridgehead atoms. The van der Waals surface area contributed by atoms with Gasteiger partial charge in [-0.2, -0.15) is 12.6 Å². The molecule has 0 aliphatic carbocycles. The van der Waals surface area contributed by atoms with Crippen molar-refractivity contribution in [2.45, 2.75) is 37.0 Å². The van der Waals surface area contributed by atoms with Crippen LogP contribution in [0.4, 0.5) is 5.69 Å². The molecule has 6 nitrogen and oxygen atoms in total. The minimum absolute atomic E-state index is 0.0280. The highest BCUT2D eigenvalue weighted by Crippen LogP contribution is 2.30. The van der Waals surface area contributed by atoms with E-state index in [1.807, 2.05) is 43.3 Å². The quantitative estimate of drug-likeness (QED) is 0.352. The lowest BCUT2D eigenvalue weighted by Crippen LogP contribution is -2.25. The Morgan fingerprint density at radius 1 is 0.966 bits per heavy atom. The van der Waals surface area contributed by atoms with E-state index < -0.39 is 10.0 Å². The third-order valence-corrected chi connectivity index (χ3v) is 6.43. The van der Waals surface area contributed by atoms with Crippen molar-refractivity contribution in [2.75, 3.05) is 37.8 Å². The topological polar surface area (TPSA) is 78.5 Å². The first-order chi connectivity index (χ1) is 13.9. The third kappa shape index (κ3) is 6.90. The number of rotatable bonds is 12. The molecule has 0 saturated heterocycles. The van der Waals surface area contributed by atoms with Crippen molar-refractivity contribution in [1.29, 1.82) is 0 Å². The number of hydrogen-bond donors (Lipinski definition) is 3. The van der Waals surface area contributed by atoms with E-state index in [1.54, 1.807) is 12.1 Å².